The van der Waals surface area contributed by atoms with Crippen molar-refractivity contribution >= 4 is 12.0 Å². The van der Waals surface area contributed by atoms with E-state index in [2.05, 4.69) is 10.6 Å². The average molecular weight is 236 g/mol. The molecular formula is C12H16N2O3. The molecule has 0 fully saturated rings. The molecule has 2 atom stereocenters. The molecule has 0 aromatic heterocycles. The van der Waals surface area contributed by atoms with Gasteiger partial charge in [-0.3, -0.25) is 4.79 Å². The van der Waals surface area contributed by atoms with Crippen molar-refractivity contribution in [2.75, 3.05) is 0 Å². The van der Waals surface area contributed by atoms with E-state index in [4.69, 9.17) is 5.11 Å². The van der Waals surface area contributed by atoms with Gasteiger partial charge >= 0.3 is 12.0 Å². The molecule has 0 saturated carbocycles. The van der Waals surface area contributed by atoms with Crippen molar-refractivity contribution in [3.05, 3.63) is 35.9 Å². The Labute approximate surface area is 99.8 Å². The number of aliphatic carboxylic acids is 1. The fourth-order valence-corrected chi connectivity index (χ4v) is 1.32. The minimum Gasteiger partial charge on any atom is -0.480 e. The molecule has 0 aliphatic heterocycles. The lowest BCUT2D eigenvalue weighted by atomic mass is 10.1. The van der Waals surface area contributed by atoms with Crippen molar-refractivity contribution in [2.24, 2.45) is 0 Å². The van der Waals surface area contributed by atoms with Crippen LogP contribution in [0.3, 0.4) is 0 Å². The molecule has 1 rings (SSSR count). The Bertz CT molecular complexity index is 392. The topological polar surface area (TPSA) is 78.4 Å². The SMILES string of the molecule is C[C@H](NC(=O)N[C@H](C)C(=O)O)c1ccccc1. The molecule has 0 spiro atoms. The van der Waals surface area contributed by atoms with Gasteiger partial charge in [-0.15, -0.1) is 0 Å². The van der Waals surface area contributed by atoms with Crippen molar-refractivity contribution in [2.45, 2.75) is 25.9 Å². The maximum absolute atomic E-state index is 11.5. The number of urea groups is 1. The number of hydrogen-bond donors (Lipinski definition) is 3. The third-order valence-electron chi connectivity index (χ3n) is 2.37. The molecule has 0 aliphatic carbocycles. The fraction of sp³-hybridized carbons (Fsp3) is 0.333. The van der Waals surface area contributed by atoms with E-state index in [1.165, 1.54) is 6.92 Å². The zero-order valence-electron chi connectivity index (χ0n) is 9.81. The second kappa shape index (κ2) is 5.89. The summed E-state index contributed by atoms with van der Waals surface area (Å²) in [6, 6.07) is 7.88. The third kappa shape index (κ3) is 4.14. The number of amides is 2. The van der Waals surface area contributed by atoms with Gasteiger partial charge in [0.2, 0.25) is 0 Å². The van der Waals surface area contributed by atoms with E-state index < -0.39 is 18.0 Å². The van der Waals surface area contributed by atoms with Gasteiger partial charge in [-0.25, -0.2) is 4.79 Å². The Balaban J connectivity index is 2.49. The van der Waals surface area contributed by atoms with Crippen LogP contribution in [0.25, 0.3) is 0 Å². The van der Waals surface area contributed by atoms with E-state index in [1.54, 1.807) is 0 Å². The Morgan fingerprint density at radius 1 is 1.12 bits per heavy atom. The van der Waals surface area contributed by atoms with Crippen LogP contribution in [0, 0.1) is 0 Å². The summed E-state index contributed by atoms with van der Waals surface area (Å²) in [4.78, 5) is 22.0. The molecule has 0 radical (unpaired) electrons. The van der Waals surface area contributed by atoms with Crippen LogP contribution in [0.15, 0.2) is 30.3 Å². The third-order valence-corrected chi connectivity index (χ3v) is 2.37. The van der Waals surface area contributed by atoms with Crippen molar-refractivity contribution < 1.29 is 14.7 Å². The molecule has 3 N–H and O–H groups in total. The minimum absolute atomic E-state index is 0.169. The number of carboxylic acid groups (broad SMARTS) is 1. The minimum atomic E-state index is -1.06. The summed E-state index contributed by atoms with van der Waals surface area (Å²) in [5.41, 5.74) is 0.964. The number of carboxylic acids is 1. The lowest BCUT2D eigenvalue weighted by molar-refractivity contribution is -0.138. The summed E-state index contributed by atoms with van der Waals surface area (Å²) < 4.78 is 0. The molecule has 0 unspecified atom stereocenters. The monoisotopic (exact) mass is 236 g/mol. The van der Waals surface area contributed by atoms with E-state index in [1.807, 2.05) is 37.3 Å². The van der Waals surface area contributed by atoms with Gasteiger partial charge in [-0.05, 0) is 19.4 Å². The van der Waals surface area contributed by atoms with Crippen molar-refractivity contribution in [1.82, 2.24) is 10.6 Å². The highest BCUT2D eigenvalue weighted by Gasteiger charge is 2.15. The van der Waals surface area contributed by atoms with Crippen molar-refractivity contribution in [3.8, 4) is 0 Å². The van der Waals surface area contributed by atoms with Gasteiger partial charge in [0.05, 0.1) is 6.04 Å². The van der Waals surface area contributed by atoms with E-state index in [0.717, 1.165) is 5.56 Å². The Hall–Kier alpha value is -2.04. The largest absolute Gasteiger partial charge is 0.480 e. The molecule has 0 aliphatic rings. The molecule has 0 saturated heterocycles. The predicted octanol–water partition coefficient (Wildman–Crippen LogP) is 1.52. The molecule has 5 nitrogen and oxygen atoms in total. The lowest BCUT2D eigenvalue weighted by Gasteiger charge is -2.16. The number of nitrogens with one attached hydrogen (secondary N) is 2. The van der Waals surface area contributed by atoms with Crippen LogP contribution in [-0.2, 0) is 4.79 Å². The quantitative estimate of drug-likeness (QED) is 0.741. The van der Waals surface area contributed by atoms with Crippen LogP contribution in [0.1, 0.15) is 25.5 Å². The molecule has 2 amide bonds. The van der Waals surface area contributed by atoms with Crippen LogP contribution < -0.4 is 10.6 Å². The lowest BCUT2D eigenvalue weighted by Crippen LogP contribution is -2.45. The summed E-state index contributed by atoms with van der Waals surface area (Å²) in [6.45, 7) is 3.25. The highest BCUT2D eigenvalue weighted by Crippen LogP contribution is 2.10. The van der Waals surface area contributed by atoms with E-state index in [-0.39, 0.29) is 6.04 Å². The van der Waals surface area contributed by atoms with Crippen molar-refractivity contribution in [3.63, 3.8) is 0 Å². The molecule has 0 heterocycles. The molecule has 1 aromatic carbocycles. The summed E-state index contributed by atoms with van der Waals surface area (Å²) >= 11 is 0. The molecule has 0 bridgehead atoms. The highest BCUT2D eigenvalue weighted by molar-refractivity contribution is 5.82. The summed E-state index contributed by atoms with van der Waals surface area (Å²) in [5.74, 6) is -1.06. The van der Waals surface area contributed by atoms with Gasteiger partial charge in [0.1, 0.15) is 6.04 Å². The first kappa shape index (κ1) is 13.0. The average Bonchev–Trinajstić information content (AvgIpc) is 2.29. The first-order valence-electron chi connectivity index (χ1n) is 5.35. The Morgan fingerprint density at radius 2 is 1.71 bits per heavy atom. The molecule has 1 aromatic rings. The zero-order valence-corrected chi connectivity index (χ0v) is 9.81. The van der Waals surface area contributed by atoms with E-state index in [0.29, 0.717) is 0 Å². The number of carbonyl (C=O) groups is 2. The van der Waals surface area contributed by atoms with Crippen LogP contribution in [0.5, 0.6) is 0 Å². The highest BCUT2D eigenvalue weighted by atomic mass is 16.4. The van der Waals surface area contributed by atoms with Gasteiger partial charge in [0.15, 0.2) is 0 Å². The van der Waals surface area contributed by atoms with Gasteiger partial charge in [-0.1, -0.05) is 30.3 Å². The maximum Gasteiger partial charge on any atom is 0.325 e. The molecule has 5 heteroatoms. The molecular weight excluding hydrogens is 220 g/mol. The maximum atomic E-state index is 11.5. The summed E-state index contributed by atoms with van der Waals surface area (Å²) in [6.07, 6.45) is 0. The molecule has 92 valence electrons. The van der Waals surface area contributed by atoms with Crippen LogP contribution in [0.4, 0.5) is 4.79 Å². The van der Waals surface area contributed by atoms with Gasteiger partial charge < -0.3 is 15.7 Å². The second-order valence-electron chi connectivity index (χ2n) is 3.81. The van der Waals surface area contributed by atoms with Gasteiger partial charge in [0.25, 0.3) is 0 Å². The number of benzene rings is 1. The number of hydrogen-bond acceptors (Lipinski definition) is 2. The second-order valence-corrected chi connectivity index (χ2v) is 3.81. The number of rotatable bonds is 4. The normalized spacial score (nSPS) is 13.5. The first-order valence-corrected chi connectivity index (χ1v) is 5.35. The van der Waals surface area contributed by atoms with Gasteiger partial charge in [-0.2, -0.15) is 0 Å². The smallest absolute Gasteiger partial charge is 0.325 e. The fourth-order valence-electron chi connectivity index (χ4n) is 1.32. The van der Waals surface area contributed by atoms with Gasteiger partial charge in [0, 0.05) is 0 Å². The first-order chi connectivity index (χ1) is 8.00. The number of carbonyl (C=O) groups excluding carboxylic acids is 1. The Morgan fingerprint density at radius 3 is 2.24 bits per heavy atom. The standard InChI is InChI=1S/C12H16N2O3/c1-8(10-6-4-3-5-7-10)13-12(17)14-9(2)11(15)16/h3-9H,1-2H3,(H,15,16)(H2,13,14,17)/t8-,9+/m0/s1. The summed E-state index contributed by atoms with van der Waals surface area (Å²) in [7, 11) is 0. The van der Waals surface area contributed by atoms with E-state index in [9.17, 15) is 9.59 Å². The van der Waals surface area contributed by atoms with Crippen molar-refractivity contribution in [1.29, 1.82) is 0 Å². The van der Waals surface area contributed by atoms with Crippen LogP contribution in [0.2, 0.25) is 0 Å². The zero-order chi connectivity index (χ0) is 12.8. The predicted molar refractivity (Wildman–Crippen MR) is 63.6 cm³/mol. The summed E-state index contributed by atoms with van der Waals surface area (Å²) in [5, 5.41) is 13.6. The molecule has 17 heavy (non-hydrogen) atoms. The Kier molecular flexibility index (Phi) is 4.51. The van der Waals surface area contributed by atoms with Crippen LogP contribution in [-0.4, -0.2) is 23.1 Å². The van der Waals surface area contributed by atoms with E-state index >= 15 is 0 Å². The van der Waals surface area contributed by atoms with Crippen LogP contribution >= 0.6 is 0 Å².